The molecule has 2 aromatic rings. The van der Waals surface area contributed by atoms with E-state index < -0.39 is 10.0 Å². The van der Waals surface area contributed by atoms with E-state index in [2.05, 4.69) is 0 Å². The van der Waals surface area contributed by atoms with Gasteiger partial charge < -0.3 is 9.47 Å². The van der Waals surface area contributed by atoms with E-state index >= 15 is 0 Å². The van der Waals surface area contributed by atoms with Crippen molar-refractivity contribution in [1.82, 2.24) is 4.31 Å². The summed E-state index contributed by atoms with van der Waals surface area (Å²) in [4.78, 5) is 0.212. The van der Waals surface area contributed by atoms with Crippen LogP contribution < -0.4 is 9.47 Å². The molecule has 1 saturated heterocycles. The van der Waals surface area contributed by atoms with Crippen LogP contribution in [0.4, 0.5) is 0 Å². The molecule has 0 radical (unpaired) electrons. The average Bonchev–Trinajstić information content (AvgIpc) is 3.19. The van der Waals surface area contributed by atoms with Crippen molar-refractivity contribution >= 4 is 10.0 Å². The van der Waals surface area contributed by atoms with E-state index in [4.69, 9.17) is 9.47 Å². The van der Waals surface area contributed by atoms with Gasteiger partial charge in [0.1, 0.15) is 18.1 Å². The molecule has 2 bridgehead atoms. The van der Waals surface area contributed by atoms with Crippen molar-refractivity contribution in [3.63, 3.8) is 0 Å². The molecule has 5 rings (SSSR count). The standard InChI is InChI=1S/C18H17NO4S/c20-24(21,17-7-3-6-16-18(17)23-11-10-22-16)19-14-8-9-15(19)13-5-2-1-4-12(13)14/h1-7,14-15H,8-11H2. The van der Waals surface area contributed by atoms with Gasteiger partial charge in [-0.2, -0.15) is 4.31 Å². The fraction of sp³-hybridized carbons (Fsp3) is 0.333. The molecule has 0 spiro atoms. The lowest BCUT2D eigenvalue weighted by Gasteiger charge is -2.26. The summed E-state index contributed by atoms with van der Waals surface area (Å²) in [6.07, 6.45) is 1.74. The van der Waals surface area contributed by atoms with Crippen LogP contribution in [-0.2, 0) is 10.0 Å². The highest BCUT2D eigenvalue weighted by Gasteiger charge is 2.50. The third-order valence-corrected chi connectivity index (χ3v) is 7.07. The zero-order valence-electron chi connectivity index (χ0n) is 13.0. The van der Waals surface area contributed by atoms with Crippen molar-refractivity contribution in [3.8, 4) is 11.5 Å². The van der Waals surface area contributed by atoms with Crippen LogP contribution in [0.3, 0.4) is 0 Å². The van der Waals surface area contributed by atoms with Gasteiger partial charge in [0.2, 0.25) is 10.0 Å². The predicted molar refractivity (Wildman–Crippen MR) is 87.6 cm³/mol. The maximum atomic E-state index is 13.4. The predicted octanol–water partition coefficient (Wildman–Crippen LogP) is 3.04. The Hall–Kier alpha value is -2.05. The molecule has 5 nitrogen and oxygen atoms in total. The molecule has 1 fully saturated rings. The van der Waals surface area contributed by atoms with E-state index in [1.54, 1.807) is 22.5 Å². The Kier molecular flexibility index (Phi) is 2.96. The van der Waals surface area contributed by atoms with E-state index in [1.807, 2.05) is 24.3 Å². The molecule has 3 aliphatic rings. The minimum atomic E-state index is -3.66. The monoisotopic (exact) mass is 343 g/mol. The van der Waals surface area contributed by atoms with Crippen molar-refractivity contribution in [2.24, 2.45) is 0 Å². The molecule has 24 heavy (non-hydrogen) atoms. The minimum absolute atomic E-state index is 0.0726. The highest BCUT2D eigenvalue weighted by atomic mass is 32.2. The van der Waals surface area contributed by atoms with E-state index in [9.17, 15) is 8.42 Å². The number of hydrogen-bond donors (Lipinski definition) is 0. The largest absolute Gasteiger partial charge is 0.486 e. The van der Waals surface area contributed by atoms with Gasteiger partial charge in [-0.15, -0.1) is 0 Å². The summed E-state index contributed by atoms with van der Waals surface area (Å²) in [6, 6.07) is 13.0. The second kappa shape index (κ2) is 4.97. The normalized spacial score (nSPS) is 24.8. The Labute approximate surface area is 140 Å². The number of rotatable bonds is 2. The molecule has 0 amide bonds. The Morgan fingerprint density at radius 3 is 2.25 bits per heavy atom. The number of sulfonamides is 1. The van der Waals surface area contributed by atoms with Gasteiger partial charge in [-0.05, 0) is 36.1 Å². The van der Waals surface area contributed by atoms with Crippen LogP contribution in [-0.4, -0.2) is 25.9 Å². The van der Waals surface area contributed by atoms with Crippen LogP contribution >= 0.6 is 0 Å². The smallest absolute Gasteiger partial charge is 0.248 e. The van der Waals surface area contributed by atoms with Crippen LogP contribution in [0, 0.1) is 0 Å². The molecule has 124 valence electrons. The van der Waals surface area contributed by atoms with E-state index in [1.165, 1.54) is 0 Å². The molecule has 0 saturated carbocycles. The highest BCUT2D eigenvalue weighted by Crippen LogP contribution is 2.56. The number of para-hydroxylation sites is 1. The molecule has 0 aromatic heterocycles. The molecule has 0 N–H and O–H groups in total. The maximum absolute atomic E-state index is 13.4. The molecule has 3 aliphatic heterocycles. The molecular formula is C18H17NO4S. The minimum Gasteiger partial charge on any atom is -0.486 e. The summed E-state index contributed by atoms with van der Waals surface area (Å²) in [5.74, 6) is 0.852. The van der Waals surface area contributed by atoms with Gasteiger partial charge in [-0.3, -0.25) is 0 Å². The van der Waals surface area contributed by atoms with Gasteiger partial charge in [0.05, 0.1) is 12.1 Å². The molecule has 6 heteroatoms. The average molecular weight is 343 g/mol. The highest BCUT2D eigenvalue weighted by molar-refractivity contribution is 7.89. The zero-order chi connectivity index (χ0) is 16.3. The van der Waals surface area contributed by atoms with Gasteiger partial charge in [0, 0.05) is 0 Å². The molecule has 0 aliphatic carbocycles. The lowest BCUT2D eigenvalue weighted by molar-refractivity contribution is 0.166. The fourth-order valence-electron chi connectivity index (χ4n) is 4.19. The summed E-state index contributed by atoms with van der Waals surface area (Å²) in [7, 11) is -3.66. The van der Waals surface area contributed by atoms with Gasteiger partial charge in [0.25, 0.3) is 0 Å². The molecule has 2 unspecified atom stereocenters. The van der Waals surface area contributed by atoms with Crippen LogP contribution in [0.1, 0.15) is 36.1 Å². The van der Waals surface area contributed by atoms with Crippen molar-refractivity contribution in [2.75, 3.05) is 13.2 Å². The van der Waals surface area contributed by atoms with E-state index in [0.717, 1.165) is 24.0 Å². The Morgan fingerprint density at radius 2 is 1.54 bits per heavy atom. The van der Waals surface area contributed by atoms with Crippen molar-refractivity contribution in [3.05, 3.63) is 53.6 Å². The third-order valence-electron chi connectivity index (χ3n) is 5.13. The topological polar surface area (TPSA) is 55.8 Å². The van der Waals surface area contributed by atoms with Crippen LogP contribution in [0.2, 0.25) is 0 Å². The first-order valence-corrected chi connectivity index (χ1v) is 9.63. The number of fused-ring (bicyclic) bond motifs is 6. The Bertz CT molecular complexity index is 893. The first kappa shape index (κ1) is 14.3. The summed E-state index contributed by atoms with van der Waals surface area (Å²) >= 11 is 0. The quantitative estimate of drug-likeness (QED) is 0.841. The lowest BCUT2D eigenvalue weighted by atomic mass is 9.92. The van der Waals surface area contributed by atoms with Gasteiger partial charge in [0.15, 0.2) is 11.5 Å². The van der Waals surface area contributed by atoms with Crippen molar-refractivity contribution in [2.45, 2.75) is 29.8 Å². The van der Waals surface area contributed by atoms with Crippen molar-refractivity contribution in [1.29, 1.82) is 0 Å². The first-order chi connectivity index (χ1) is 11.7. The first-order valence-electron chi connectivity index (χ1n) is 8.19. The maximum Gasteiger partial charge on any atom is 0.248 e. The lowest BCUT2D eigenvalue weighted by Crippen LogP contribution is -2.29. The Balaban J connectivity index is 1.64. The van der Waals surface area contributed by atoms with Gasteiger partial charge in [-0.1, -0.05) is 30.3 Å². The SMILES string of the molecule is O=S(=O)(c1cccc2c1OCCO2)N1C2CCC1c1ccccc12. The van der Waals surface area contributed by atoms with Crippen LogP contribution in [0.5, 0.6) is 11.5 Å². The molecular weight excluding hydrogens is 326 g/mol. The van der Waals surface area contributed by atoms with Crippen LogP contribution in [0.15, 0.2) is 47.4 Å². The summed E-state index contributed by atoms with van der Waals surface area (Å²) in [5, 5.41) is 0. The second-order valence-electron chi connectivity index (χ2n) is 6.35. The molecule has 2 atom stereocenters. The van der Waals surface area contributed by atoms with E-state index in [0.29, 0.717) is 24.7 Å². The molecule has 3 heterocycles. The van der Waals surface area contributed by atoms with E-state index in [-0.39, 0.29) is 17.0 Å². The Morgan fingerprint density at radius 1 is 0.875 bits per heavy atom. The number of hydrogen-bond acceptors (Lipinski definition) is 4. The number of nitrogens with zero attached hydrogens (tertiary/aromatic N) is 1. The van der Waals surface area contributed by atoms with Crippen LogP contribution in [0.25, 0.3) is 0 Å². The molecule has 2 aromatic carbocycles. The summed E-state index contributed by atoms with van der Waals surface area (Å²) in [5.41, 5.74) is 2.28. The summed E-state index contributed by atoms with van der Waals surface area (Å²) < 4.78 is 39.7. The zero-order valence-corrected chi connectivity index (χ0v) is 13.8. The van der Waals surface area contributed by atoms with Gasteiger partial charge in [-0.25, -0.2) is 8.42 Å². The van der Waals surface area contributed by atoms with Gasteiger partial charge >= 0.3 is 0 Å². The number of ether oxygens (including phenoxy) is 2. The summed E-state index contributed by atoms with van der Waals surface area (Å²) in [6.45, 7) is 0.809. The fourth-order valence-corrected chi connectivity index (χ4v) is 6.17. The number of benzene rings is 2. The van der Waals surface area contributed by atoms with Crippen molar-refractivity contribution < 1.29 is 17.9 Å². The third kappa shape index (κ3) is 1.81. The second-order valence-corrected chi connectivity index (χ2v) is 8.16.